The number of rotatable bonds is 7. The Morgan fingerprint density at radius 1 is 1.11 bits per heavy atom. The number of carbonyl (C=O) groups is 2. The molecule has 144 valence electrons. The Morgan fingerprint density at radius 2 is 1.86 bits per heavy atom. The van der Waals surface area contributed by atoms with Gasteiger partial charge >= 0.3 is 5.97 Å². The first-order chi connectivity index (χ1) is 13.6. The Bertz CT molecular complexity index is 970. The zero-order valence-corrected chi connectivity index (χ0v) is 16.2. The number of ether oxygens (including phenoxy) is 2. The van der Waals surface area contributed by atoms with Crippen molar-refractivity contribution in [3.63, 3.8) is 0 Å². The maximum Gasteiger partial charge on any atom is 0.337 e. The molecule has 0 unspecified atom stereocenters. The van der Waals surface area contributed by atoms with Gasteiger partial charge in [0.2, 0.25) is 5.91 Å². The van der Waals surface area contributed by atoms with E-state index in [4.69, 9.17) is 4.74 Å². The first kappa shape index (κ1) is 19.5. The number of hydrogen-bond donors (Lipinski definition) is 1. The molecule has 8 heteroatoms. The summed E-state index contributed by atoms with van der Waals surface area (Å²) in [6.07, 6.45) is 3.50. The van der Waals surface area contributed by atoms with E-state index < -0.39 is 5.97 Å². The normalized spacial score (nSPS) is 10.4. The van der Waals surface area contributed by atoms with Gasteiger partial charge in [-0.25, -0.2) is 9.78 Å². The SMILES string of the molecule is COC(=O)c1ccc(NC(=O)CSc2nccn2-c2ccccc2OC)cc1. The molecule has 0 saturated carbocycles. The van der Waals surface area contributed by atoms with Gasteiger partial charge in [-0.3, -0.25) is 9.36 Å². The lowest BCUT2D eigenvalue weighted by atomic mass is 10.2. The smallest absolute Gasteiger partial charge is 0.337 e. The van der Waals surface area contributed by atoms with Crippen LogP contribution in [0.5, 0.6) is 5.75 Å². The molecule has 0 aliphatic rings. The standard InChI is InChI=1S/C20H19N3O4S/c1-26-17-6-4-3-5-16(17)23-12-11-21-20(23)28-13-18(24)22-15-9-7-14(8-10-15)19(25)27-2/h3-12H,13H2,1-2H3,(H,22,24). The molecule has 3 aromatic rings. The predicted octanol–water partition coefficient (Wildman–Crippen LogP) is 3.40. The van der Waals surface area contributed by atoms with E-state index in [-0.39, 0.29) is 11.7 Å². The van der Waals surface area contributed by atoms with Crippen molar-refractivity contribution in [3.05, 3.63) is 66.5 Å². The number of amides is 1. The van der Waals surface area contributed by atoms with E-state index in [1.165, 1.54) is 18.9 Å². The molecule has 1 amide bonds. The zero-order valence-electron chi connectivity index (χ0n) is 15.4. The van der Waals surface area contributed by atoms with E-state index in [0.29, 0.717) is 16.4 Å². The Balaban J connectivity index is 1.63. The first-order valence-corrected chi connectivity index (χ1v) is 9.38. The highest BCUT2D eigenvalue weighted by Crippen LogP contribution is 2.27. The molecule has 0 spiro atoms. The van der Waals surface area contributed by atoms with Crippen LogP contribution in [-0.4, -0.2) is 41.4 Å². The van der Waals surface area contributed by atoms with E-state index in [9.17, 15) is 9.59 Å². The van der Waals surface area contributed by atoms with Crippen molar-refractivity contribution in [1.29, 1.82) is 0 Å². The number of nitrogens with one attached hydrogen (secondary N) is 1. The molecular formula is C20H19N3O4S. The van der Waals surface area contributed by atoms with E-state index in [2.05, 4.69) is 15.0 Å². The number of hydrogen-bond acceptors (Lipinski definition) is 6. The van der Waals surface area contributed by atoms with Gasteiger partial charge in [0.1, 0.15) is 5.75 Å². The third kappa shape index (κ3) is 4.52. The highest BCUT2D eigenvalue weighted by molar-refractivity contribution is 7.99. The molecule has 0 aliphatic heterocycles. The largest absolute Gasteiger partial charge is 0.495 e. The number of esters is 1. The van der Waals surface area contributed by atoms with Crippen molar-refractivity contribution in [2.24, 2.45) is 0 Å². The van der Waals surface area contributed by atoms with Crippen molar-refractivity contribution in [2.75, 3.05) is 25.3 Å². The average Bonchev–Trinajstić information content (AvgIpc) is 3.20. The molecule has 1 heterocycles. The molecule has 0 aliphatic carbocycles. The van der Waals surface area contributed by atoms with Gasteiger partial charge in [0, 0.05) is 18.1 Å². The van der Waals surface area contributed by atoms with Crippen LogP contribution >= 0.6 is 11.8 Å². The van der Waals surface area contributed by atoms with Crippen LogP contribution in [-0.2, 0) is 9.53 Å². The molecule has 0 saturated heterocycles. The van der Waals surface area contributed by atoms with Crippen LogP contribution in [0.25, 0.3) is 5.69 Å². The number of imidazole rings is 1. The van der Waals surface area contributed by atoms with Crippen molar-refractivity contribution < 1.29 is 19.1 Å². The van der Waals surface area contributed by atoms with Gasteiger partial charge in [0.05, 0.1) is 31.2 Å². The zero-order chi connectivity index (χ0) is 19.9. The third-order valence-electron chi connectivity index (χ3n) is 3.87. The Labute approximate surface area is 166 Å². The van der Waals surface area contributed by atoms with E-state index in [1.807, 2.05) is 35.0 Å². The highest BCUT2D eigenvalue weighted by Gasteiger charge is 2.12. The topological polar surface area (TPSA) is 82.5 Å². The Hall–Kier alpha value is -3.26. The molecule has 0 atom stereocenters. The van der Waals surface area contributed by atoms with Gasteiger partial charge in [-0.15, -0.1) is 0 Å². The van der Waals surface area contributed by atoms with Crippen LogP contribution in [0.2, 0.25) is 0 Å². The number of thioether (sulfide) groups is 1. The summed E-state index contributed by atoms with van der Waals surface area (Å²) in [6.45, 7) is 0. The van der Waals surface area contributed by atoms with Gasteiger partial charge in [-0.1, -0.05) is 23.9 Å². The minimum Gasteiger partial charge on any atom is -0.495 e. The van der Waals surface area contributed by atoms with Crippen molar-refractivity contribution in [2.45, 2.75) is 5.16 Å². The molecule has 1 N–H and O–H groups in total. The van der Waals surface area contributed by atoms with E-state index >= 15 is 0 Å². The molecule has 2 aromatic carbocycles. The van der Waals surface area contributed by atoms with Gasteiger partial charge in [0.25, 0.3) is 0 Å². The van der Waals surface area contributed by atoms with Crippen LogP contribution in [0.3, 0.4) is 0 Å². The second-order valence-corrected chi connectivity index (χ2v) is 6.60. The second-order valence-electron chi connectivity index (χ2n) is 5.66. The molecule has 28 heavy (non-hydrogen) atoms. The summed E-state index contributed by atoms with van der Waals surface area (Å²) < 4.78 is 11.9. The van der Waals surface area contributed by atoms with E-state index in [1.54, 1.807) is 37.6 Å². The summed E-state index contributed by atoms with van der Waals surface area (Å²) in [4.78, 5) is 28.0. The molecule has 0 bridgehead atoms. The van der Waals surface area contributed by atoms with Gasteiger partial charge < -0.3 is 14.8 Å². The fraction of sp³-hybridized carbons (Fsp3) is 0.150. The second kappa shape index (κ2) is 9.09. The van der Waals surface area contributed by atoms with E-state index in [0.717, 1.165) is 11.4 Å². The van der Waals surface area contributed by atoms with Crippen LogP contribution in [0.15, 0.2) is 66.1 Å². The number of benzene rings is 2. The lowest BCUT2D eigenvalue weighted by molar-refractivity contribution is -0.113. The Morgan fingerprint density at radius 3 is 2.57 bits per heavy atom. The number of para-hydroxylation sites is 2. The number of anilines is 1. The maximum absolute atomic E-state index is 12.3. The summed E-state index contributed by atoms with van der Waals surface area (Å²) in [5, 5.41) is 3.48. The molecular weight excluding hydrogens is 378 g/mol. The highest BCUT2D eigenvalue weighted by atomic mass is 32.2. The summed E-state index contributed by atoms with van der Waals surface area (Å²) in [7, 11) is 2.94. The molecule has 1 aromatic heterocycles. The quantitative estimate of drug-likeness (QED) is 0.486. The summed E-state index contributed by atoms with van der Waals surface area (Å²) in [5.74, 6) is 0.310. The van der Waals surface area contributed by atoms with Crippen LogP contribution in [0, 0.1) is 0 Å². The fourth-order valence-corrected chi connectivity index (χ4v) is 3.31. The Kier molecular flexibility index (Phi) is 6.33. The fourth-order valence-electron chi connectivity index (χ4n) is 2.54. The molecule has 3 rings (SSSR count). The van der Waals surface area contributed by atoms with Gasteiger partial charge in [0.15, 0.2) is 5.16 Å². The number of nitrogens with zero attached hydrogens (tertiary/aromatic N) is 2. The lowest BCUT2D eigenvalue weighted by Gasteiger charge is -2.11. The summed E-state index contributed by atoms with van der Waals surface area (Å²) >= 11 is 1.32. The number of methoxy groups -OCH3 is 2. The molecule has 0 fully saturated rings. The van der Waals surface area contributed by atoms with Gasteiger partial charge in [-0.05, 0) is 36.4 Å². The van der Waals surface area contributed by atoms with Crippen molar-refractivity contribution in [3.8, 4) is 11.4 Å². The summed E-state index contributed by atoms with van der Waals surface area (Å²) in [5.41, 5.74) is 1.88. The molecule has 7 nitrogen and oxygen atoms in total. The minimum absolute atomic E-state index is 0.176. The predicted molar refractivity (Wildman–Crippen MR) is 107 cm³/mol. The monoisotopic (exact) mass is 397 g/mol. The van der Waals surface area contributed by atoms with Crippen LogP contribution < -0.4 is 10.1 Å². The summed E-state index contributed by atoms with van der Waals surface area (Å²) in [6, 6.07) is 14.1. The van der Waals surface area contributed by atoms with Crippen LogP contribution in [0.1, 0.15) is 10.4 Å². The number of carbonyl (C=O) groups excluding carboxylic acids is 2. The molecule has 0 radical (unpaired) electrons. The maximum atomic E-state index is 12.3. The van der Waals surface area contributed by atoms with Crippen molar-refractivity contribution in [1.82, 2.24) is 9.55 Å². The first-order valence-electron chi connectivity index (χ1n) is 8.40. The average molecular weight is 397 g/mol. The van der Waals surface area contributed by atoms with Crippen LogP contribution in [0.4, 0.5) is 5.69 Å². The third-order valence-corrected chi connectivity index (χ3v) is 4.84. The number of aromatic nitrogens is 2. The lowest BCUT2D eigenvalue weighted by Crippen LogP contribution is -2.14. The van der Waals surface area contributed by atoms with Crippen molar-refractivity contribution >= 4 is 29.3 Å². The minimum atomic E-state index is -0.420. The van der Waals surface area contributed by atoms with Gasteiger partial charge in [-0.2, -0.15) is 0 Å².